The lowest BCUT2D eigenvalue weighted by Gasteiger charge is -2.29. The van der Waals surface area contributed by atoms with Crippen molar-refractivity contribution in [3.63, 3.8) is 0 Å². The van der Waals surface area contributed by atoms with Gasteiger partial charge in [-0.1, -0.05) is 44.9 Å². The summed E-state index contributed by atoms with van der Waals surface area (Å²) in [7, 11) is 0. The Morgan fingerprint density at radius 3 is 2.05 bits per heavy atom. The second kappa shape index (κ2) is 14.5. The van der Waals surface area contributed by atoms with E-state index >= 15 is 0 Å². The third-order valence-electron chi connectivity index (χ3n) is 7.48. The van der Waals surface area contributed by atoms with E-state index in [0.717, 1.165) is 45.1 Å². The zero-order valence-electron chi connectivity index (χ0n) is 23.5. The van der Waals surface area contributed by atoms with Gasteiger partial charge in [-0.2, -0.15) is 8.78 Å². The van der Waals surface area contributed by atoms with Gasteiger partial charge >= 0.3 is 5.97 Å². The Labute approximate surface area is 238 Å². The average Bonchev–Trinajstić information content (AvgIpc) is 2.99. The topological polar surface area (TPSA) is 44.8 Å². The van der Waals surface area contributed by atoms with Gasteiger partial charge in [0.25, 0.3) is 0 Å². The summed E-state index contributed by atoms with van der Waals surface area (Å²) in [4.78, 5) is 12.7. The fourth-order valence-corrected chi connectivity index (χ4v) is 5.01. The van der Waals surface area contributed by atoms with Crippen molar-refractivity contribution < 1.29 is 36.6 Å². The molecule has 1 saturated carbocycles. The number of carbonyl (C=O) groups is 1. The Kier molecular flexibility index (Phi) is 10.8. The average molecular weight is 573 g/mol. The first-order valence-corrected chi connectivity index (χ1v) is 14.4. The minimum absolute atomic E-state index is 0.00415. The molecule has 220 valence electrons. The van der Waals surface area contributed by atoms with Crippen LogP contribution in [0.1, 0.15) is 87.1 Å². The van der Waals surface area contributed by atoms with Crippen molar-refractivity contribution in [1.82, 2.24) is 0 Å². The number of ether oxygens (including phenoxy) is 3. The van der Waals surface area contributed by atoms with Crippen LogP contribution in [0.2, 0.25) is 0 Å². The number of halogens is 4. The SMILES string of the molecule is CCCCOc1ccc(-c2ccc(C(=O)Oc3ccc(C4CCC(OCCCC)CC4)c(F)c3F)cc2)c(F)c1F. The van der Waals surface area contributed by atoms with Gasteiger partial charge in [0.05, 0.1) is 18.3 Å². The van der Waals surface area contributed by atoms with E-state index in [9.17, 15) is 22.4 Å². The molecule has 0 N–H and O–H groups in total. The largest absolute Gasteiger partial charge is 0.490 e. The highest BCUT2D eigenvalue weighted by molar-refractivity contribution is 5.91. The lowest BCUT2D eigenvalue weighted by Crippen LogP contribution is -2.22. The van der Waals surface area contributed by atoms with Crippen LogP contribution in [0.3, 0.4) is 0 Å². The number of carbonyl (C=O) groups excluding carboxylic acids is 1. The number of rotatable bonds is 12. The molecule has 0 radical (unpaired) electrons. The van der Waals surface area contributed by atoms with E-state index in [1.807, 2.05) is 6.92 Å². The summed E-state index contributed by atoms with van der Waals surface area (Å²) in [5, 5.41) is 0. The van der Waals surface area contributed by atoms with Gasteiger partial charge in [0.15, 0.2) is 23.1 Å². The lowest BCUT2D eigenvalue weighted by atomic mass is 9.82. The maximum atomic E-state index is 15.0. The van der Waals surface area contributed by atoms with Crippen LogP contribution >= 0.6 is 0 Å². The quantitative estimate of drug-likeness (QED) is 0.0940. The summed E-state index contributed by atoms with van der Waals surface area (Å²) in [6.07, 6.45) is 6.76. The molecule has 0 aromatic heterocycles. The molecule has 1 aliphatic rings. The van der Waals surface area contributed by atoms with Gasteiger partial charge in [-0.3, -0.25) is 0 Å². The molecule has 3 aromatic carbocycles. The van der Waals surface area contributed by atoms with Crippen molar-refractivity contribution in [2.24, 2.45) is 0 Å². The highest BCUT2D eigenvalue weighted by atomic mass is 19.2. The number of unbranched alkanes of at least 4 members (excludes halogenated alkanes) is 2. The molecule has 4 rings (SSSR count). The Balaban J connectivity index is 1.39. The minimum Gasteiger partial charge on any atom is -0.490 e. The molecule has 3 aromatic rings. The molecular formula is C33H36F4O4. The van der Waals surface area contributed by atoms with E-state index in [1.54, 1.807) is 0 Å². The molecule has 41 heavy (non-hydrogen) atoms. The number of hydrogen-bond acceptors (Lipinski definition) is 4. The second-order valence-electron chi connectivity index (χ2n) is 10.4. The third kappa shape index (κ3) is 7.47. The summed E-state index contributed by atoms with van der Waals surface area (Å²) in [6.45, 7) is 5.07. The van der Waals surface area contributed by atoms with E-state index < -0.39 is 35.0 Å². The van der Waals surface area contributed by atoms with Crippen molar-refractivity contribution in [3.8, 4) is 22.6 Å². The number of hydrogen-bond donors (Lipinski definition) is 0. The molecule has 0 saturated heterocycles. The summed E-state index contributed by atoms with van der Waals surface area (Å²) in [5.41, 5.74) is 0.634. The van der Waals surface area contributed by atoms with Crippen LogP contribution in [0.25, 0.3) is 11.1 Å². The molecule has 1 fully saturated rings. The van der Waals surface area contributed by atoms with Crippen molar-refractivity contribution in [2.45, 2.75) is 77.2 Å². The van der Waals surface area contributed by atoms with Crippen LogP contribution in [0.5, 0.6) is 11.5 Å². The zero-order valence-corrected chi connectivity index (χ0v) is 23.5. The molecule has 0 spiro atoms. The highest BCUT2D eigenvalue weighted by Gasteiger charge is 2.27. The maximum absolute atomic E-state index is 15.0. The first-order chi connectivity index (χ1) is 19.8. The molecule has 0 aliphatic heterocycles. The molecule has 0 atom stereocenters. The van der Waals surface area contributed by atoms with Crippen LogP contribution in [-0.2, 0) is 4.74 Å². The minimum atomic E-state index is -1.22. The summed E-state index contributed by atoms with van der Waals surface area (Å²) >= 11 is 0. The zero-order chi connectivity index (χ0) is 29.4. The number of esters is 1. The third-order valence-corrected chi connectivity index (χ3v) is 7.48. The first kappa shape index (κ1) is 30.6. The van der Waals surface area contributed by atoms with E-state index in [2.05, 4.69) is 6.92 Å². The molecule has 0 amide bonds. The van der Waals surface area contributed by atoms with E-state index in [4.69, 9.17) is 14.2 Å². The molecule has 8 heteroatoms. The van der Waals surface area contributed by atoms with Crippen molar-refractivity contribution >= 4 is 5.97 Å². The highest BCUT2D eigenvalue weighted by Crippen LogP contribution is 2.38. The van der Waals surface area contributed by atoms with Gasteiger partial charge < -0.3 is 14.2 Å². The Bertz CT molecular complexity index is 1320. The first-order valence-electron chi connectivity index (χ1n) is 14.4. The smallest absolute Gasteiger partial charge is 0.343 e. The van der Waals surface area contributed by atoms with Gasteiger partial charge in [0.1, 0.15) is 0 Å². The molecule has 0 unspecified atom stereocenters. The predicted octanol–water partition coefficient (Wildman–Crippen LogP) is 9.15. The van der Waals surface area contributed by atoms with E-state index in [-0.39, 0.29) is 41.1 Å². The monoisotopic (exact) mass is 572 g/mol. The van der Waals surface area contributed by atoms with Crippen LogP contribution in [0.4, 0.5) is 17.6 Å². The van der Waals surface area contributed by atoms with E-state index in [1.165, 1.54) is 48.5 Å². The maximum Gasteiger partial charge on any atom is 0.343 e. The van der Waals surface area contributed by atoms with Gasteiger partial charge in [-0.25, -0.2) is 13.6 Å². The summed E-state index contributed by atoms with van der Waals surface area (Å²) < 4.78 is 75.4. The van der Waals surface area contributed by atoms with Crippen molar-refractivity contribution in [2.75, 3.05) is 13.2 Å². The van der Waals surface area contributed by atoms with Crippen LogP contribution in [0, 0.1) is 23.3 Å². The van der Waals surface area contributed by atoms with Crippen LogP contribution in [0.15, 0.2) is 48.5 Å². The lowest BCUT2D eigenvalue weighted by molar-refractivity contribution is 0.0230. The van der Waals surface area contributed by atoms with Gasteiger partial charge in [0, 0.05) is 12.2 Å². The predicted molar refractivity (Wildman–Crippen MR) is 149 cm³/mol. The normalized spacial score (nSPS) is 16.9. The van der Waals surface area contributed by atoms with Crippen LogP contribution in [-0.4, -0.2) is 25.3 Å². The van der Waals surface area contributed by atoms with Crippen molar-refractivity contribution in [1.29, 1.82) is 0 Å². The van der Waals surface area contributed by atoms with Gasteiger partial charge in [-0.05, 0) is 85.9 Å². The Hall–Kier alpha value is -3.39. The van der Waals surface area contributed by atoms with E-state index in [0.29, 0.717) is 18.4 Å². The second-order valence-corrected chi connectivity index (χ2v) is 10.4. The summed E-state index contributed by atoms with van der Waals surface area (Å²) in [6, 6.07) is 11.1. The van der Waals surface area contributed by atoms with Crippen molar-refractivity contribution in [3.05, 3.63) is 82.9 Å². The molecule has 1 aliphatic carbocycles. The standard InChI is InChI=1S/C33H36F4O4/c1-3-5-19-39-24-13-11-22(12-14-24)26-16-18-28(32(37)30(26)35)41-33(38)23-9-7-21(8-10-23)25-15-17-27(31(36)29(25)34)40-20-6-4-2/h7-10,15-18,22,24H,3-6,11-14,19-20H2,1-2H3. The fraction of sp³-hybridized carbons (Fsp3) is 0.424. The Morgan fingerprint density at radius 2 is 1.37 bits per heavy atom. The fourth-order valence-electron chi connectivity index (χ4n) is 5.01. The van der Waals surface area contributed by atoms with Gasteiger partial charge in [-0.15, -0.1) is 0 Å². The molecule has 0 bridgehead atoms. The summed E-state index contributed by atoms with van der Waals surface area (Å²) in [5.74, 6) is -6.09. The molecule has 0 heterocycles. The van der Waals surface area contributed by atoms with Crippen LogP contribution < -0.4 is 9.47 Å². The molecule has 4 nitrogen and oxygen atoms in total. The molecular weight excluding hydrogens is 536 g/mol. The van der Waals surface area contributed by atoms with Gasteiger partial charge in [0.2, 0.25) is 11.6 Å². The number of benzene rings is 3. The Morgan fingerprint density at radius 1 is 0.732 bits per heavy atom.